The van der Waals surface area contributed by atoms with Gasteiger partial charge >= 0.3 is 30.5 Å². The minimum absolute atomic E-state index is 0. The molecule has 0 amide bonds. The number of hydrogen-bond donors (Lipinski definition) is 0. The van der Waals surface area contributed by atoms with Crippen molar-refractivity contribution in [2.75, 3.05) is 0 Å². The van der Waals surface area contributed by atoms with E-state index in [1.807, 2.05) is 0 Å². The molecule has 0 atom stereocenters. The Morgan fingerprint density at radius 1 is 1.17 bits per heavy atom. The van der Waals surface area contributed by atoms with Gasteiger partial charge in [0.15, 0.2) is 0 Å². The summed E-state index contributed by atoms with van der Waals surface area (Å²) < 4.78 is 34.4. The topological polar surface area (TPSA) is 86.2 Å². The Labute approximate surface area is 48.3 Å². The van der Waals surface area contributed by atoms with Crippen LogP contribution in [0, 0.1) is 0 Å². The second-order valence-corrected chi connectivity index (χ2v) is 2.32. The molecule has 6 heavy (non-hydrogen) atoms. The van der Waals surface area contributed by atoms with Crippen molar-refractivity contribution in [3.63, 3.8) is 0 Å². The van der Waals surface area contributed by atoms with Crippen molar-refractivity contribution >= 4 is 31.9 Å². The van der Waals surface area contributed by atoms with E-state index in [2.05, 4.69) is 0 Å². The van der Waals surface area contributed by atoms with Gasteiger partial charge in [-0.3, -0.25) is 0 Å². The van der Waals surface area contributed by atoms with Crippen LogP contribution in [0.2, 0.25) is 0 Å². The van der Waals surface area contributed by atoms with E-state index in [9.17, 15) is 0 Å². The molecule has 0 rings (SSSR count). The quantitative estimate of drug-likeness (QED) is 0.339. The zero-order valence-corrected chi connectivity index (χ0v) is 5.69. The summed E-state index contributed by atoms with van der Waals surface area (Å²) in [6.45, 7) is 0. The van der Waals surface area contributed by atoms with Gasteiger partial charge in [-0.05, 0) is 0 Å². The van der Waals surface area contributed by atoms with Gasteiger partial charge in [0.25, 0.3) is 0 Å². The zero-order valence-electron chi connectivity index (χ0n) is 2.66. The van der Waals surface area contributed by atoms with Crippen molar-refractivity contribution in [3.8, 4) is 0 Å². The average molecular weight is 166 g/mol. The third-order valence-corrected chi connectivity index (χ3v) is 0. The summed E-state index contributed by atoms with van der Waals surface area (Å²) in [5.41, 5.74) is 0. The molecule has 0 N–H and O–H groups in total. The first-order valence-corrected chi connectivity index (χ1v) is 3.79. The summed E-state index contributed by atoms with van der Waals surface area (Å²) in [5, 5.41) is 0. The van der Waals surface area contributed by atoms with Gasteiger partial charge in [0.2, 0.25) is 0 Å². The van der Waals surface area contributed by atoms with Crippen LogP contribution in [0.25, 0.3) is 0 Å². The largest absolute Gasteiger partial charge is 0 e. The van der Waals surface area contributed by atoms with E-state index in [0.717, 1.165) is 0 Å². The van der Waals surface area contributed by atoms with E-state index in [1.165, 1.54) is 0 Å². The SMILES string of the molecule is O=[As]([O-])([O-])[O-].[Al]. The maximum absolute atomic E-state index is 8.61. The smallest absolute Gasteiger partial charge is 0 e. The molecule has 0 spiro atoms. The maximum Gasteiger partial charge on any atom is 0 e. The van der Waals surface area contributed by atoms with Crippen LogP contribution >= 0.6 is 0 Å². The summed E-state index contributed by atoms with van der Waals surface area (Å²) in [6, 6.07) is 0. The molecule has 0 unspecified atom stereocenters. The van der Waals surface area contributed by atoms with Gasteiger partial charge in [-0.15, -0.1) is 0 Å². The first kappa shape index (κ1) is 9.91. The van der Waals surface area contributed by atoms with Gasteiger partial charge in [-0.25, -0.2) is 0 Å². The molecule has 0 aliphatic carbocycles. The summed E-state index contributed by atoms with van der Waals surface area (Å²) >= 11 is -5.88. The second-order valence-electron chi connectivity index (χ2n) is 0.447. The van der Waals surface area contributed by atoms with Crippen LogP contribution in [0.5, 0.6) is 0 Å². The summed E-state index contributed by atoms with van der Waals surface area (Å²) in [5.74, 6) is 0. The molecule has 35 valence electrons. The molecule has 0 aromatic rings. The molecule has 3 radical (unpaired) electrons. The molecule has 6 heteroatoms. The third-order valence-electron chi connectivity index (χ3n) is 0. The summed E-state index contributed by atoms with van der Waals surface area (Å²) in [7, 11) is 0. The van der Waals surface area contributed by atoms with Crippen molar-refractivity contribution < 1.29 is 16.0 Å². The van der Waals surface area contributed by atoms with E-state index in [4.69, 9.17) is 16.0 Å². The predicted octanol–water partition coefficient (Wildman–Crippen LogP) is -4.45. The van der Waals surface area contributed by atoms with Gasteiger partial charge in [0.1, 0.15) is 0 Å². The molecule has 4 nitrogen and oxygen atoms in total. The van der Waals surface area contributed by atoms with Crippen molar-refractivity contribution in [1.29, 1.82) is 0 Å². The third kappa shape index (κ3) is 114. The number of rotatable bonds is 0. The molecular weight excluding hydrogens is 166 g/mol. The first-order valence-electron chi connectivity index (χ1n) is 0.730. The molecule has 0 aromatic heterocycles. The Kier molecular flexibility index (Phi) is 4.73. The van der Waals surface area contributed by atoms with Gasteiger partial charge < -0.3 is 0 Å². The fraction of sp³-hybridized carbons (Fsp3) is 0. The molecule has 0 saturated heterocycles. The fourth-order valence-electron chi connectivity index (χ4n) is 0. The van der Waals surface area contributed by atoms with Crippen LogP contribution in [-0.2, 0) is 3.74 Å². The second kappa shape index (κ2) is 2.87. The van der Waals surface area contributed by atoms with Gasteiger partial charge in [0.05, 0.1) is 0 Å². The molecule has 0 fully saturated rings. The minimum atomic E-state index is -5.88. The Bertz CT molecular complexity index is 53.7. The van der Waals surface area contributed by atoms with Crippen LogP contribution < -0.4 is 12.3 Å². The summed E-state index contributed by atoms with van der Waals surface area (Å²) in [4.78, 5) is 0. The normalized spacial score (nSPS) is 9.83. The van der Waals surface area contributed by atoms with Gasteiger partial charge in [-0.1, -0.05) is 0 Å². The van der Waals surface area contributed by atoms with E-state index < -0.39 is 14.5 Å². The van der Waals surface area contributed by atoms with Crippen LogP contribution in [0.3, 0.4) is 0 Å². The molecule has 0 aliphatic heterocycles. The minimum Gasteiger partial charge on any atom is 0 e. The molecule has 0 saturated carbocycles. The van der Waals surface area contributed by atoms with E-state index in [-0.39, 0.29) is 17.4 Å². The van der Waals surface area contributed by atoms with Crippen LogP contribution in [0.15, 0.2) is 0 Å². The monoisotopic (exact) mass is 166 g/mol. The molecule has 0 aromatic carbocycles. The fourth-order valence-corrected chi connectivity index (χ4v) is 0. The number of hydrogen-bond acceptors (Lipinski definition) is 4. The van der Waals surface area contributed by atoms with Crippen molar-refractivity contribution in [2.45, 2.75) is 0 Å². The zero-order chi connectivity index (χ0) is 4.50. The summed E-state index contributed by atoms with van der Waals surface area (Å²) in [6.07, 6.45) is 0. The van der Waals surface area contributed by atoms with Crippen molar-refractivity contribution in [3.05, 3.63) is 0 Å². The van der Waals surface area contributed by atoms with E-state index >= 15 is 0 Å². The van der Waals surface area contributed by atoms with Crippen LogP contribution in [0.4, 0.5) is 0 Å². The molecule has 0 heterocycles. The Morgan fingerprint density at radius 3 is 1.17 bits per heavy atom. The molecular formula is AlAsO4-3. The van der Waals surface area contributed by atoms with Gasteiger partial charge in [0, 0.05) is 17.4 Å². The molecule has 0 bridgehead atoms. The van der Waals surface area contributed by atoms with Gasteiger partial charge in [-0.2, -0.15) is 0 Å². The van der Waals surface area contributed by atoms with E-state index in [0.29, 0.717) is 0 Å². The molecule has 0 aliphatic rings. The average Bonchev–Trinajstić information content (AvgIpc) is 0.722. The van der Waals surface area contributed by atoms with E-state index in [1.54, 1.807) is 0 Å². The van der Waals surface area contributed by atoms with Crippen LogP contribution in [0.1, 0.15) is 0 Å². The van der Waals surface area contributed by atoms with Crippen LogP contribution in [-0.4, -0.2) is 31.9 Å². The first-order chi connectivity index (χ1) is 2.00. The Balaban J connectivity index is 0. The van der Waals surface area contributed by atoms with Crippen molar-refractivity contribution in [2.24, 2.45) is 0 Å². The Hall–Kier alpha value is 0.771. The maximum atomic E-state index is 8.61. The Morgan fingerprint density at radius 2 is 1.17 bits per heavy atom. The predicted molar refractivity (Wildman–Crippen MR) is 12.2 cm³/mol. The van der Waals surface area contributed by atoms with Crippen molar-refractivity contribution in [1.82, 2.24) is 0 Å². The standard InChI is InChI=1S/Al.AsH3O4/c;2-1(3,4)5/h;(H3,2,3,4,5)/p-3.